The SMILES string of the molecule is C[C@H](NC(=O)[C@]12c3ccccc3C(=O)[C@H]1C2(C)C)c1ccccc1. The van der Waals surface area contributed by atoms with Crippen molar-refractivity contribution in [2.45, 2.75) is 32.2 Å². The first kappa shape index (κ1) is 15.1. The summed E-state index contributed by atoms with van der Waals surface area (Å²) in [5, 5.41) is 3.15. The van der Waals surface area contributed by atoms with Crippen LogP contribution in [0.3, 0.4) is 0 Å². The van der Waals surface area contributed by atoms with E-state index in [0.29, 0.717) is 5.56 Å². The van der Waals surface area contributed by atoms with E-state index in [1.165, 1.54) is 0 Å². The molecule has 0 heterocycles. The number of hydrogen-bond acceptors (Lipinski definition) is 2. The second kappa shape index (κ2) is 4.79. The molecule has 1 amide bonds. The van der Waals surface area contributed by atoms with Gasteiger partial charge in [-0.3, -0.25) is 9.59 Å². The van der Waals surface area contributed by atoms with Crippen molar-refractivity contribution in [1.29, 1.82) is 0 Å². The Kier molecular flexibility index (Phi) is 3.02. The molecule has 0 unspecified atom stereocenters. The van der Waals surface area contributed by atoms with Crippen LogP contribution < -0.4 is 5.32 Å². The zero-order chi connectivity index (χ0) is 17.1. The van der Waals surface area contributed by atoms with Gasteiger partial charge in [-0.1, -0.05) is 68.4 Å². The van der Waals surface area contributed by atoms with Gasteiger partial charge in [0.05, 0.1) is 11.5 Å². The largest absolute Gasteiger partial charge is 0.349 e. The summed E-state index contributed by atoms with van der Waals surface area (Å²) >= 11 is 0. The van der Waals surface area contributed by atoms with Gasteiger partial charge in [0, 0.05) is 11.5 Å². The molecule has 3 heteroatoms. The second-order valence-electron chi connectivity index (χ2n) is 7.48. The van der Waals surface area contributed by atoms with Gasteiger partial charge >= 0.3 is 0 Å². The highest BCUT2D eigenvalue weighted by atomic mass is 16.2. The maximum Gasteiger partial charge on any atom is 0.232 e. The highest BCUT2D eigenvalue weighted by Gasteiger charge is 2.82. The number of benzene rings is 2. The summed E-state index contributed by atoms with van der Waals surface area (Å²) in [5.41, 5.74) is 1.62. The Morgan fingerprint density at radius 1 is 1.04 bits per heavy atom. The smallest absolute Gasteiger partial charge is 0.232 e. The first-order valence-corrected chi connectivity index (χ1v) is 8.42. The van der Waals surface area contributed by atoms with Gasteiger partial charge < -0.3 is 5.32 Å². The Hall–Kier alpha value is -2.42. The molecule has 1 saturated carbocycles. The Balaban J connectivity index is 1.70. The normalized spacial score (nSPS) is 27.1. The molecule has 122 valence electrons. The van der Waals surface area contributed by atoms with Gasteiger partial charge in [-0.05, 0) is 23.5 Å². The number of nitrogens with one attached hydrogen (secondary N) is 1. The van der Waals surface area contributed by atoms with Crippen LogP contribution in [0.5, 0.6) is 0 Å². The van der Waals surface area contributed by atoms with Crippen molar-refractivity contribution >= 4 is 11.7 Å². The molecule has 1 fully saturated rings. The molecule has 0 spiro atoms. The number of carbonyl (C=O) groups is 2. The Morgan fingerprint density at radius 3 is 2.38 bits per heavy atom. The Labute approximate surface area is 142 Å². The van der Waals surface area contributed by atoms with E-state index in [4.69, 9.17) is 0 Å². The fourth-order valence-corrected chi connectivity index (χ4v) is 4.67. The minimum absolute atomic E-state index is 0.0350. The van der Waals surface area contributed by atoms with Crippen molar-refractivity contribution in [3.8, 4) is 0 Å². The lowest BCUT2D eigenvalue weighted by molar-refractivity contribution is -0.125. The molecule has 0 aliphatic heterocycles. The van der Waals surface area contributed by atoms with Crippen molar-refractivity contribution in [1.82, 2.24) is 5.32 Å². The average Bonchev–Trinajstić information content (AvgIpc) is 2.97. The number of Topliss-reactive ketones (excluding diaryl/α,β-unsaturated/α-hetero) is 1. The summed E-state index contributed by atoms with van der Waals surface area (Å²) in [6.07, 6.45) is 0. The van der Waals surface area contributed by atoms with Crippen molar-refractivity contribution in [2.75, 3.05) is 0 Å². The van der Waals surface area contributed by atoms with E-state index in [9.17, 15) is 9.59 Å². The van der Waals surface area contributed by atoms with E-state index < -0.39 is 5.41 Å². The molecule has 0 bridgehead atoms. The number of ketones is 1. The summed E-state index contributed by atoms with van der Waals surface area (Å²) in [6, 6.07) is 17.4. The minimum atomic E-state index is -0.719. The lowest BCUT2D eigenvalue weighted by Gasteiger charge is -2.23. The van der Waals surface area contributed by atoms with Crippen LogP contribution in [0.1, 0.15) is 48.3 Å². The maximum absolute atomic E-state index is 13.3. The van der Waals surface area contributed by atoms with Gasteiger partial charge in [0.1, 0.15) is 0 Å². The molecule has 3 atom stereocenters. The van der Waals surface area contributed by atoms with Crippen LogP contribution >= 0.6 is 0 Å². The van der Waals surface area contributed by atoms with Gasteiger partial charge in [-0.2, -0.15) is 0 Å². The maximum atomic E-state index is 13.3. The van der Waals surface area contributed by atoms with Crippen LogP contribution in [0.2, 0.25) is 0 Å². The van der Waals surface area contributed by atoms with E-state index in [1.807, 2.05) is 75.4 Å². The van der Waals surface area contributed by atoms with Gasteiger partial charge in [-0.25, -0.2) is 0 Å². The molecule has 0 aromatic heterocycles. The first-order chi connectivity index (χ1) is 11.4. The van der Waals surface area contributed by atoms with E-state index in [-0.39, 0.29) is 29.1 Å². The molecule has 1 N–H and O–H groups in total. The number of fused-ring (bicyclic) bond motifs is 3. The predicted octanol–water partition coefficient (Wildman–Crippen LogP) is 3.65. The molecule has 3 nitrogen and oxygen atoms in total. The standard InChI is InChI=1S/C21H21NO2/c1-13(14-9-5-4-6-10-14)22-19(24)21-16-12-8-7-11-15(16)17(23)18(21)20(21,2)3/h4-13,18H,1-3H3,(H,22,24)/t13-,18-,21-/m0/s1. The summed E-state index contributed by atoms with van der Waals surface area (Å²) in [7, 11) is 0. The van der Waals surface area contributed by atoms with Crippen molar-refractivity contribution in [3.05, 3.63) is 71.3 Å². The number of rotatable bonds is 3. The lowest BCUT2D eigenvalue weighted by atomic mass is 9.84. The molecule has 2 aliphatic carbocycles. The van der Waals surface area contributed by atoms with Crippen LogP contribution in [0.4, 0.5) is 0 Å². The summed E-state index contributed by atoms with van der Waals surface area (Å²) in [4.78, 5) is 26.0. The highest BCUT2D eigenvalue weighted by Crippen LogP contribution is 2.74. The number of carbonyl (C=O) groups excluding carboxylic acids is 2. The van der Waals surface area contributed by atoms with Crippen LogP contribution in [-0.2, 0) is 10.2 Å². The summed E-state index contributed by atoms with van der Waals surface area (Å²) < 4.78 is 0. The monoisotopic (exact) mass is 319 g/mol. The lowest BCUT2D eigenvalue weighted by Crippen LogP contribution is -2.39. The van der Waals surface area contributed by atoms with Crippen LogP contribution in [0, 0.1) is 11.3 Å². The van der Waals surface area contributed by atoms with Gasteiger partial charge in [-0.15, -0.1) is 0 Å². The minimum Gasteiger partial charge on any atom is -0.349 e. The fraction of sp³-hybridized carbons (Fsp3) is 0.333. The topological polar surface area (TPSA) is 46.2 Å². The third-order valence-electron chi connectivity index (χ3n) is 5.97. The molecule has 24 heavy (non-hydrogen) atoms. The average molecular weight is 319 g/mol. The van der Waals surface area contributed by atoms with Crippen molar-refractivity contribution in [3.63, 3.8) is 0 Å². The molecular weight excluding hydrogens is 298 g/mol. The summed E-state index contributed by atoms with van der Waals surface area (Å²) in [6.45, 7) is 6.04. The molecule has 2 aromatic carbocycles. The second-order valence-corrected chi connectivity index (χ2v) is 7.48. The fourth-order valence-electron chi connectivity index (χ4n) is 4.67. The van der Waals surface area contributed by atoms with Gasteiger partial charge in [0.25, 0.3) is 0 Å². The zero-order valence-corrected chi connectivity index (χ0v) is 14.2. The van der Waals surface area contributed by atoms with Crippen LogP contribution in [0.25, 0.3) is 0 Å². The molecule has 4 rings (SSSR count). The van der Waals surface area contributed by atoms with E-state index in [0.717, 1.165) is 11.1 Å². The number of hydrogen-bond donors (Lipinski definition) is 1. The van der Waals surface area contributed by atoms with Gasteiger partial charge in [0.2, 0.25) is 5.91 Å². The summed E-state index contributed by atoms with van der Waals surface area (Å²) in [5.74, 6) is -0.171. The Bertz CT molecular complexity index is 840. The van der Waals surface area contributed by atoms with Crippen molar-refractivity contribution < 1.29 is 9.59 Å². The predicted molar refractivity (Wildman–Crippen MR) is 92.7 cm³/mol. The highest BCUT2D eigenvalue weighted by molar-refractivity contribution is 6.16. The molecular formula is C21H21NO2. The first-order valence-electron chi connectivity index (χ1n) is 8.42. The molecule has 2 aliphatic rings. The molecule has 0 saturated heterocycles. The van der Waals surface area contributed by atoms with E-state index in [1.54, 1.807) is 0 Å². The Morgan fingerprint density at radius 2 is 1.67 bits per heavy atom. The third kappa shape index (κ3) is 1.67. The molecule has 2 aromatic rings. The third-order valence-corrected chi connectivity index (χ3v) is 5.97. The van der Waals surface area contributed by atoms with Crippen molar-refractivity contribution in [2.24, 2.45) is 11.3 Å². The van der Waals surface area contributed by atoms with E-state index in [2.05, 4.69) is 5.32 Å². The van der Waals surface area contributed by atoms with Crippen LogP contribution in [-0.4, -0.2) is 11.7 Å². The quantitative estimate of drug-likeness (QED) is 0.938. The number of amides is 1. The van der Waals surface area contributed by atoms with Crippen LogP contribution in [0.15, 0.2) is 54.6 Å². The zero-order valence-electron chi connectivity index (χ0n) is 14.2. The van der Waals surface area contributed by atoms with E-state index >= 15 is 0 Å². The molecule has 0 radical (unpaired) electrons. The van der Waals surface area contributed by atoms with Gasteiger partial charge in [0.15, 0.2) is 5.78 Å².